The van der Waals surface area contributed by atoms with Crippen LogP contribution >= 0.6 is 0 Å². The summed E-state index contributed by atoms with van der Waals surface area (Å²) in [6, 6.07) is 0. The molecule has 2 bridgehead atoms. The average Bonchev–Trinajstić information content (AvgIpc) is 2.91. The minimum Gasteiger partial charge on any atom is -0.385 e. The van der Waals surface area contributed by atoms with Crippen LogP contribution in [0, 0.1) is 11.8 Å². The first kappa shape index (κ1) is 9.40. The average molecular weight is 206 g/mol. The van der Waals surface area contributed by atoms with Crippen molar-refractivity contribution in [1.29, 1.82) is 0 Å². The molecule has 2 saturated carbocycles. The van der Waals surface area contributed by atoms with E-state index in [4.69, 9.17) is 0 Å². The number of aryl methyl sites for hydroxylation is 1. The van der Waals surface area contributed by atoms with E-state index in [1.807, 2.05) is 17.1 Å². The number of hydrogen-bond acceptors (Lipinski definition) is 2. The molecule has 2 aliphatic rings. The van der Waals surface area contributed by atoms with E-state index in [2.05, 4.69) is 12.0 Å². The van der Waals surface area contributed by atoms with Gasteiger partial charge in [-0.05, 0) is 44.4 Å². The Labute approximate surface area is 90.1 Å². The lowest BCUT2D eigenvalue weighted by Crippen LogP contribution is -2.31. The number of aromatic nitrogens is 2. The number of aliphatic hydroxyl groups is 1. The maximum Gasteiger partial charge on any atom is 0.0957 e. The summed E-state index contributed by atoms with van der Waals surface area (Å²) in [7, 11) is 0. The zero-order valence-electron chi connectivity index (χ0n) is 9.19. The Morgan fingerprint density at radius 1 is 1.60 bits per heavy atom. The maximum atomic E-state index is 10.7. The van der Waals surface area contributed by atoms with Crippen LogP contribution in [-0.4, -0.2) is 14.9 Å². The van der Waals surface area contributed by atoms with Crippen molar-refractivity contribution in [2.24, 2.45) is 11.8 Å². The van der Waals surface area contributed by atoms with Crippen LogP contribution in [0.4, 0.5) is 0 Å². The van der Waals surface area contributed by atoms with E-state index in [1.165, 1.54) is 19.3 Å². The first-order valence-electron chi connectivity index (χ1n) is 5.97. The molecule has 3 nitrogen and oxygen atoms in total. The number of nitrogens with zero attached hydrogens (tertiary/aromatic N) is 2. The van der Waals surface area contributed by atoms with Gasteiger partial charge in [0.15, 0.2) is 0 Å². The molecule has 1 aromatic heterocycles. The fourth-order valence-electron chi connectivity index (χ4n) is 3.41. The van der Waals surface area contributed by atoms with Crippen LogP contribution in [-0.2, 0) is 12.1 Å². The van der Waals surface area contributed by atoms with Crippen molar-refractivity contribution in [3.05, 3.63) is 18.0 Å². The molecular formula is C12H18N2O. The van der Waals surface area contributed by atoms with E-state index >= 15 is 0 Å². The second-order valence-electron chi connectivity index (χ2n) is 5.09. The van der Waals surface area contributed by atoms with Crippen molar-refractivity contribution < 1.29 is 5.11 Å². The van der Waals surface area contributed by atoms with Gasteiger partial charge in [-0.25, -0.2) is 0 Å². The maximum absolute atomic E-state index is 10.7. The SMILES string of the molecule is CCn1cc(C2(O)CC3CCC2C3)cn1. The van der Waals surface area contributed by atoms with Gasteiger partial charge in [0.2, 0.25) is 0 Å². The van der Waals surface area contributed by atoms with Gasteiger partial charge in [0.1, 0.15) is 0 Å². The molecule has 0 spiro atoms. The van der Waals surface area contributed by atoms with Gasteiger partial charge in [0, 0.05) is 18.3 Å². The van der Waals surface area contributed by atoms with Crippen LogP contribution in [0.3, 0.4) is 0 Å². The van der Waals surface area contributed by atoms with Crippen LogP contribution in [0.15, 0.2) is 12.4 Å². The van der Waals surface area contributed by atoms with E-state index in [0.29, 0.717) is 5.92 Å². The van der Waals surface area contributed by atoms with Gasteiger partial charge < -0.3 is 5.11 Å². The van der Waals surface area contributed by atoms with E-state index in [-0.39, 0.29) is 0 Å². The first-order valence-corrected chi connectivity index (χ1v) is 5.97. The molecule has 0 saturated heterocycles. The lowest BCUT2D eigenvalue weighted by atomic mass is 9.80. The van der Waals surface area contributed by atoms with Crippen molar-refractivity contribution in [3.8, 4) is 0 Å². The summed E-state index contributed by atoms with van der Waals surface area (Å²) < 4.78 is 1.90. The molecule has 0 aromatic carbocycles. The highest BCUT2D eigenvalue weighted by atomic mass is 16.3. The van der Waals surface area contributed by atoms with Gasteiger partial charge in [-0.3, -0.25) is 4.68 Å². The highest BCUT2D eigenvalue weighted by Crippen LogP contribution is 2.55. The lowest BCUT2D eigenvalue weighted by Gasteiger charge is -2.31. The third-order valence-corrected chi connectivity index (χ3v) is 4.27. The number of rotatable bonds is 2. The summed E-state index contributed by atoms with van der Waals surface area (Å²) >= 11 is 0. The predicted octanol–water partition coefficient (Wildman–Crippen LogP) is 1.91. The first-order chi connectivity index (χ1) is 7.22. The fraction of sp³-hybridized carbons (Fsp3) is 0.750. The highest BCUT2D eigenvalue weighted by Gasteiger charge is 2.51. The third kappa shape index (κ3) is 1.26. The summed E-state index contributed by atoms with van der Waals surface area (Å²) in [5, 5.41) is 15.0. The molecule has 82 valence electrons. The molecule has 3 heteroatoms. The normalized spacial score (nSPS) is 38.8. The fourth-order valence-corrected chi connectivity index (χ4v) is 3.41. The van der Waals surface area contributed by atoms with Crippen molar-refractivity contribution in [1.82, 2.24) is 9.78 Å². The molecular weight excluding hydrogens is 188 g/mol. The van der Waals surface area contributed by atoms with Crippen molar-refractivity contribution in [2.45, 2.75) is 44.8 Å². The Hall–Kier alpha value is -0.830. The van der Waals surface area contributed by atoms with Crippen LogP contribution < -0.4 is 0 Å². The molecule has 2 aliphatic carbocycles. The van der Waals surface area contributed by atoms with Crippen molar-refractivity contribution in [2.75, 3.05) is 0 Å². The van der Waals surface area contributed by atoms with Crippen LogP contribution in [0.25, 0.3) is 0 Å². The molecule has 3 unspecified atom stereocenters. The Kier molecular flexibility index (Phi) is 1.93. The summed E-state index contributed by atoms with van der Waals surface area (Å²) in [5.41, 5.74) is 0.479. The molecule has 2 fully saturated rings. The molecule has 1 heterocycles. The van der Waals surface area contributed by atoms with Gasteiger partial charge >= 0.3 is 0 Å². The molecule has 0 amide bonds. The van der Waals surface area contributed by atoms with Gasteiger partial charge in [0.25, 0.3) is 0 Å². The minimum absolute atomic E-state index is 0.483. The second-order valence-corrected chi connectivity index (χ2v) is 5.09. The van der Waals surface area contributed by atoms with Gasteiger partial charge in [-0.2, -0.15) is 5.10 Å². The molecule has 0 radical (unpaired) electrons. The van der Waals surface area contributed by atoms with Gasteiger partial charge in [-0.1, -0.05) is 0 Å². The Morgan fingerprint density at radius 3 is 3.00 bits per heavy atom. The zero-order chi connectivity index (χ0) is 10.5. The molecule has 1 aromatic rings. The Morgan fingerprint density at radius 2 is 2.47 bits per heavy atom. The largest absolute Gasteiger partial charge is 0.385 e. The second kappa shape index (κ2) is 3.08. The standard InChI is InChI=1S/C12H18N2O/c1-2-14-8-11(7-13-14)12(15)6-9-3-4-10(12)5-9/h7-10,15H,2-6H2,1H3. The Balaban J connectivity index is 1.92. The van der Waals surface area contributed by atoms with Crippen LogP contribution in [0.2, 0.25) is 0 Å². The number of fused-ring (bicyclic) bond motifs is 2. The highest BCUT2D eigenvalue weighted by molar-refractivity contribution is 5.21. The molecule has 0 aliphatic heterocycles. The van der Waals surface area contributed by atoms with Crippen LogP contribution in [0.1, 0.15) is 38.2 Å². The monoisotopic (exact) mass is 206 g/mol. The lowest BCUT2D eigenvalue weighted by molar-refractivity contribution is -0.0183. The van der Waals surface area contributed by atoms with Gasteiger partial charge in [0.05, 0.1) is 11.8 Å². The van der Waals surface area contributed by atoms with E-state index < -0.39 is 5.60 Å². The summed E-state index contributed by atoms with van der Waals surface area (Å²) in [6.07, 6.45) is 8.54. The Bertz CT molecular complexity index is 373. The minimum atomic E-state index is -0.559. The van der Waals surface area contributed by atoms with Crippen molar-refractivity contribution >= 4 is 0 Å². The van der Waals surface area contributed by atoms with E-state index in [9.17, 15) is 5.11 Å². The summed E-state index contributed by atoms with van der Waals surface area (Å²) in [5.74, 6) is 1.24. The van der Waals surface area contributed by atoms with Crippen molar-refractivity contribution in [3.63, 3.8) is 0 Å². The molecule has 1 N–H and O–H groups in total. The summed E-state index contributed by atoms with van der Waals surface area (Å²) in [4.78, 5) is 0. The molecule has 3 rings (SSSR count). The summed E-state index contributed by atoms with van der Waals surface area (Å²) in [6.45, 7) is 2.95. The van der Waals surface area contributed by atoms with E-state index in [1.54, 1.807) is 0 Å². The van der Waals surface area contributed by atoms with Gasteiger partial charge in [-0.15, -0.1) is 0 Å². The molecule has 15 heavy (non-hydrogen) atoms. The van der Waals surface area contributed by atoms with E-state index in [0.717, 1.165) is 24.4 Å². The van der Waals surface area contributed by atoms with Crippen LogP contribution in [0.5, 0.6) is 0 Å². The number of hydrogen-bond donors (Lipinski definition) is 1. The third-order valence-electron chi connectivity index (χ3n) is 4.27. The quantitative estimate of drug-likeness (QED) is 0.802. The zero-order valence-corrected chi connectivity index (χ0v) is 9.19. The molecule has 3 atom stereocenters. The smallest absolute Gasteiger partial charge is 0.0957 e. The predicted molar refractivity (Wildman–Crippen MR) is 57.2 cm³/mol. The topological polar surface area (TPSA) is 38.0 Å².